The normalized spacial score (nSPS) is 11.8. The number of fused-ring (bicyclic) bond motifs is 1. The SMILES string of the molecule is CC(Sc1cccc(NC(=O)Cc2ccccc2)c1)C(=O)Nc1ccc2cc[nH]c2c1. The Morgan fingerprint density at radius 1 is 0.903 bits per heavy atom. The molecule has 156 valence electrons. The van der Waals surface area contributed by atoms with E-state index in [9.17, 15) is 9.59 Å². The number of thioether (sulfide) groups is 1. The van der Waals surface area contributed by atoms with Crippen LogP contribution in [0.4, 0.5) is 11.4 Å². The molecule has 3 N–H and O–H groups in total. The standard InChI is InChI=1S/C25H23N3O2S/c1-17(25(30)28-21-11-10-19-12-13-26-23(19)16-21)31-22-9-5-8-20(15-22)27-24(29)14-18-6-3-2-4-7-18/h2-13,15-17,26H,14H2,1H3,(H,27,29)(H,28,30). The summed E-state index contributed by atoms with van der Waals surface area (Å²) in [5, 5.41) is 6.71. The van der Waals surface area contributed by atoms with E-state index in [0.29, 0.717) is 6.42 Å². The van der Waals surface area contributed by atoms with Crippen LogP contribution in [0.3, 0.4) is 0 Å². The highest BCUT2D eigenvalue weighted by atomic mass is 32.2. The van der Waals surface area contributed by atoms with Crippen LogP contribution < -0.4 is 10.6 Å². The molecule has 2 amide bonds. The van der Waals surface area contributed by atoms with Crippen molar-refractivity contribution in [1.29, 1.82) is 0 Å². The number of aromatic amines is 1. The highest BCUT2D eigenvalue weighted by molar-refractivity contribution is 8.00. The molecule has 0 spiro atoms. The summed E-state index contributed by atoms with van der Waals surface area (Å²) in [7, 11) is 0. The first-order chi connectivity index (χ1) is 15.1. The molecule has 0 saturated heterocycles. The second-order valence-electron chi connectivity index (χ2n) is 7.27. The Balaban J connectivity index is 1.34. The van der Waals surface area contributed by atoms with Crippen molar-refractivity contribution < 1.29 is 9.59 Å². The zero-order valence-corrected chi connectivity index (χ0v) is 17.9. The summed E-state index contributed by atoms with van der Waals surface area (Å²) in [5.74, 6) is -0.145. The predicted molar refractivity (Wildman–Crippen MR) is 127 cm³/mol. The van der Waals surface area contributed by atoms with E-state index in [0.717, 1.165) is 32.7 Å². The third kappa shape index (κ3) is 5.55. The third-order valence-corrected chi connectivity index (χ3v) is 5.92. The van der Waals surface area contributed by atoms with Gasteiger partial charge in [-0.3, -0.25) is 9.59 Å². The van der Waals surface area contributed by atoms with Gasteiger partial charge in [-0.1, -0.05) is 42.5 Å². The summed E-state index contributed by atoms with van der Waals surface area (Å²) >= 11 is 1.45. The van der Waals surface area contributed by atoms with Gasteiger partial charge in [0, 0.05) is 28.0 Å². The fourth-order valence-electron chi connectivity index (χ4n) is 3.26. The van der Waals surface area contributed by atoms with Crippen LogP contribution in [-0.2, 0) is 16.0 Å². The lowest BCUT2D eigenvalue weighted by atomic mass is 10.1. The van der Waals surface area contributed by atoms with E-state index in [1.165, 1.54) is 11.8 Å². The summed E-state index contributed by atoms with van der Waals surface area (Å²) in [4.78, 5) is 29.0. The Labute approximate surface area is 185 Å². The number of amides is 2. The molecule has 0 fully saturated rings. The van der Waals surface area contributed by atoms with Gasteiger partial charge in [0.1, 0.15) is 0 Å². The second-order valence-corrected chi connectivity index (χ2v) is 8.68. The number of anilines is 2. The van der Waals surface area contributed by atoms with Gasteiger partial charge in [0.2, 0.25) is 11.8 Å². The van der Waals surface area contributed by atoms with Gasteiger partial charge in [0.05, 0.1) is 11.7 Å². The molecule has 0 aliphatic carbocycles. The lowest BCUT2D eigenvalue weighted by molar-refractivity contribution is -0.116. The largest absolute Gasteiger partial charge is 0.361 e. The number of hydrogen-bond donors (Lipinski definition) is 3. The minimum absolute atomic E-state index is 0.0705. The number of aromatic nitrogens is 1. The number of H-pyrrole nitrogens is 1. The van der Waals surface area contributed by atoms with E-state index >= 15 is 0 Å². The van der Waals surface area contributed by atoms with Crippen molar-refractivity contribution >= 4 is 45.9 Å². The Bertz CT molecular complexity index is 1200. The Morgan fingerprint density at radius 2 is 1.71 bits per heavy atom. The van der Waals surface area contributed by atoms with Crippen molar-refractivity contribution in [2.24, 2.45) is 0 Å². The number of nitrogens with one attached hydrogen (secondary N) is 3. The van der Waals surface area contributed by atoms with Crippen LogP contribution in [0.2, 0.25) is 0 Å². The topological polar surface area (TPSA) is 74.0 Å². The molecule has 4 aromatic rings. The number of benzene rings is 3. The van der Waals surface area contributed by atoms with Crippen molar-refractivity contribution in [3.05, 3.63) is 90.6 Å². The monoisotopic (exact) mass is 429 g/mol. The summed E-state index contributed by atoms with van der Waals surface area (Å²) < 4.78 is 0. The van der Waals surface area contributed by atoms with Crippen molar-refractivity contribution in [2.45, 2.75) is 23.5 Å². The zero-order valence-electron chi connectivity index (χ0n) is 17.1. The fraction of sp³-hybridized carbons (Fsp3) is 0.120. The van der Waals surface area contributed by atoms with Gasteiger partial charge in [-0.2, -0.15) is 0 Å². The first kappa shape index (κ1) is 20.8. The zero-order chi connectivity index (χ0) is 21.6. The molecular weight excluding hydrogens is 406 g/mol. The molecule has 0 radical (unpaired) electrons. The number of carbonyl (C=O) groups excluding carboxylic acids is 2. The molecule has 1 atom stereocenters. The van der Waals surface area contributed by atoms with E-state index in [4.69, 9.17) is 0 Å². The quantitative estimate of drug-likeness (QED) is 0.341. The fourth-order valence-corrected chi connectivity index (χ4v) is 4.19. The van der Waals surface area contributed by atoms with Crippen LogP contribution in [0.1, 0.15) is 12.5 Å². The minimum Gasteiger partial charge on any atom is -0.361 e. The van der Waals surface area contributed by atoms with Gasteiger partial charge in [-0.05, 0) is 54.3 Å². The van der Waals surface area contributed by atoms with E-state index in [-0.39, 0.29) is 17.1 Å². The van der Waals surface area contributed by atoms with Crippen LogP contribution in [0, 0.1) is 0 Å². The summed E-state index contributed by atoms with van der Waals surface area (Å²) in [6.45, 7) is 1.87. The van der Waals surface area contributed by atoms with Crippen LogP contribution in [0.25, 0.3) is 10.9 Å². The lowest BCUT2D eigenvalue weighted by Crippen LogP contribution is -2.22. The van der Waals surface area contributed by atoms with Crippen LogP contribution in [-0.4, -0.2) is 22.0 Å². The van der Waals surface area contributed by atoms with E-state index in [1.54, 1.807) is 0 Å². The second kappa shape index (κ2) is 9.53. The number of hydrogen-bond acceptors (Lipinski definition) is 3. The average Bonchev–Trinajstić information content (AvgIpc) is 3.22. The first-order valence-corrected chi connectivity index (χ1v) is 10.9. The molecule has 6 heteroatoms. The van der Waals surface area contributed by atoms with Crippen LogP contribution in [0.5, 0.6) is 0 Å². The number of carbonyl (C=O) groups is 2. The van der Waals surface area contributed by atoms with Crippen molar-refractivity contribution in [1.82, 2.24) is 4.98 Å². The van der Waals surface area contributed by atoms with Crippen molar-refractivity contribution in [3.63, 3.8) is 0 Å². The lowest BCUT2D eigenvalue weighted by Gasteiger charge is -2.13. The summed E-state index contributed by atoms with van der Waals surface area (Å²) in [5.41, 5.74) is 3.43. The Hall–Kier alpha value is -3.51. The molecular formula is C25H23N3O2S. The molecule has 1 unspecified atom stereocenters. The maximum Gasteiger partial charge on any atom is 0.237 e. The molecule has 3 aromatic carbocycles. The van der Waals surface area contributed by atoms with Gasteiger partial charge in [-0.25, -0.2) is 0 Å². The molecule has 4 rings (SSSR count). The van der Waals surface area contributed by atoms with Crippen molar-refractivity contribution in [2.75, 3.05) is 10.6 Å². The van der Waals surface area contributed by atoms with E-state index < -0.39 is 0 Å². The molecule has 0 aliphatic heterocycles. The predicted octanol–water partition coefficient (Wildman–Crippen LogP) is 5.47. The summed E-state index contributed by atoms with van der Waals surface area (Å²) in [6, 6.07) is 25.0. The maximum atomic E-state index is 12.6. The highest BCUT2D eigenvalue weighted by Gasteiger charge is 2.15. The van der Waals surface area contributed by atoms with Gasteiger partial charge in [0.15, 0.2) is 0 Å². The van der Waals surface area contributed by atoms with Crippen LogP contribution >= 0.6 is 11.8 Å². The van der Waals surface area contributed by atoms with E-state index in [1.807, 2.05) is 92.0 Å². The van der Waals surface area contributed by atoms with Gasteiger partial charge in [-0.15, -0.1) is 11.8 Å². The van der Waals surface area contributed by atoms with Crippen LogP contribution in [0.15, 0.2) is 90.0 Å². The Kier molecular flexibility index (Phi) is 6.38. The first-order valence-electron chi connectivity index (χ1n) is 10.1. The Morgan fingerprint density at radius 3 is 2.55 bits per heavy atom. The van der Waals surface area contributed by atoms with Gasteiger partial charge < -0.3 is 15.6 Å². The van der Waals surface area contributed by atoms with Crippen molar-refractivity contribution in [3.8, 4) is 0 Å². The molecule has 31 heavy (non-hydrogen) atoms. The molecule has 0 saturated carbocycles. The molecule has 0 bridgehead atoms. The molecule has 1 heterocycles. The number of rotatable bonds is 7. The molecule has 1 aromatic heterocycles. The maximum absolute atomic E-state index is 12.6. The minimum atomic E-state index is -0.297. The van der Waals surface area contributed by atoms with E-state index in [2.05, 4.69) is 15.6 Å². The third-order valence-electron chi connectivity index (χ3n) is 4.83. The molecule has 5 nitrogen and oxygen atoms in total. The molecule has 0 aliphatic rings. The van der Waals surface area contributed by atoms with Gasteiger partial charge >= 0.3 is 0 Å². The van der Waals surface area contributed by atoms with Gasteiger partial charge in [0.25, 0.3) is 0 Å². The smallest absolute Gasteiger partial charge is 0.237 e. The highest BCUT2D eigenvalue weighted by Crippen LogP contribution is 2.27. The average molecular weight is 430 g/mol. The summed E-state index contributed by atoms with van der Waals surface area (Å²) in [6.07, 6.45) is 2.20.